The summed E-state index contributed by atoms with van der Waals surface area (Å²) in [6.45, 7) is 7.44. The van der Waals surface area contributed by atoms with Crippen molar-refractivity contribution in [2.75, 3.05) is 0 Å². The van der Waals surface area contributed by atoms with Gasteiger partial charge in [-0.1, -0.05) is 53.4 Å². The van der Waals surface area contributed by atoms with Gasteiger partial charge in [-0.25, -0.2) is 0 Å². The van der Waals surface area contributed by atoms with E-state index in [1.54, 1.807) is 13.8 Å². The van der Waals surface area contributed by atoms with E-state index in [0.29, 0.717) is 0 Å². The average Bonchev–Trinajstić information content (AvgIpc) is 1.87. The first-order valence-corrected chi connectivity index (χ1v) is 4.86. The smallest absolute Gasteiger partial charge is 0.852 e. The molecule has 0 bridgehead atoms. The Balaban J connectivity index is -0.000000143. The topological polar surface area (TPSA) is 46.1 Å². The third-order valence-electron chi connectivity index (χ3n) is 1.39. The van der Waals surface area contributed by atoms with Crippen LogP contribution in [-0.4, -0.2) is 35.3 Å². The summed E-state index contributed by atoms with van der Waals surface area (Å²) in [6.07, 6.45) is 2.97. The number of hydrogen-bond donors (Lipinski definition) is 0. The van der Waals surface area contributed by atoms with Crippen molar-refractivity contribution in [3.63, 3.8) is 0 Å². The van der Waals surface area contributed by atoms with Crippen LogP contribution in [0.3, 0.4) is 0 Å². The van der Waals surface area contributed by atoms with Gasteiger partial charge in [0.1, 0.15) is 0 Å². The van der Waals surface area contributed by atoms with Crippen molar-refractivity contribution in [2.45, 2.75) is 65.6 Å². The van der Waals surface area contributed by atoms with Gasteiger partial charge in [-0.15, -0.1) is 12.2 Å². The summed E-state index contributed by atoms with van der Waals surface area (Å²) in [6, 6.07) is 0. The zero-order valence-electron chi connectivity index (χ0n) is 9.51. The van der Waals surface area contributed by atoms with Gasteiger partial charge >= 0.3 is 23.1 Å². The number of hydrogen-bond acceptors (Lipinski definition) is 2. The fourth-order valence-electron chi connectivity index (χ4n) is 0.813. The Bertz CT molecular complexity index is 65.3. The molecule has 0 aromatic carbocycles. The molecule has 0 spiro atoms. The van der Waals surface area contributed by atoms with E-state index in [9.17, 15) is 10.2 Å². The molecule has 0 heterocycles. The molecule has 2 atom stereocenters. The normalized spacial score (nSPS) is 13.4. The number of rotatable bonds is 4. The molecule has 0 fully saturated rings. The molecular weight excluding hydrogens is 176 g/mol. The first-order valence-electron chi connectivity index (χ1n) is 4.86. The van der Waals surface area contributed by atoms with Crippen LogP contribution in [-0.2, 0) is 0 Å². The average molecular weight is 199 g/mol. The molecule has 76 valence electrons. The summed E-state index contributed by atoms with van der Waals surface area (Å²) >= 11 is 0. The minimum Gasteiger partial charge on any atom is -0.852 e. The second-order valence-electron chi connectivity index (χ2n) is 3.20. The second kappa shape index (κ2) is 15.2. The third kappa shape index (κ3) is 32.4. The molecule has 0 amide bonds. The van der Waals surface area contributed by atoms with Crippen molar-refractivity contribution in [3.8, 4) is 0 Å². The second-order valence-corrected chi connectivity index (χ2v) is 3.20. The van der Waals surface area contributed by atoms with Crippen LogP contribution in [0.25, 0.3) is 0 Å². The van der Waals surface area contributed by atoms with Gasteiger partial charge in [0.25, 0.3) is 0 Å². The van der Waals surface area contributed by atoms with Crippen molar-refractivity contribution >= 4 is 23.1 Å². The Labute approximate surface area is 98.9 Å². The first kappa shape index (κ1) is 19.3. The van der Waals surface area contributed by atoms with E-state index in [0.717, 1.165) is 25.7 Å². The van der Waals surface area contributed by atoms with Crippen LogP contribution in [0.15, 0.2) is 0 Å². The Morgan fingerprint density at radius 1 is 0.846 bits per heavy atom. The molecule has 2 unspecified atom stereocenters. The van der Waals surface area contributed by atoms with Gasteiger partial charge in [0.05, 0.1) is 0 Å². The summed E-state index contributed by atoms with van der Waals surface area (Å²) in [5.41, 5.74) is 0. The largest absolute Gasteiger partial charge is 2.00 e. The van der Waals surface area contributed by atoms with Crippen molar-refractivity contribution in [2.24, 2.45) is 0 Å². The van der Waals surface area contributed by atoms with Gasteiger partial charge in [-0.2, -0.15) is 0 Å². The molecule has 0 rings (SSSR count). The first-order chi connectivity index (χ1) is 5.54. The Morgan fingerprint density at radius 3 is 1.08 bits per heavy atom. The van der Waals surface area contributed by atoms with Crippen LogP contribution in [0, 0.1) is 0 Å². The monoisotopic (exact) mass is 198 g/mol. The standard InChI is InChI=1S/2C5H11O.Mg/c2*1-3-4-5(2)6;/h2*5H,3-4H2,1-2H3;/q2*-1;+2. The van der Waals surface area contributed by atoms with Crippen LogP contribution in [0.1, 0.15) is 53.4 Å². The molecule has 0 saturated carbocycles. The Hall–Kier alpha value is 0.686. The minimum absolute atomic E-state index is 0. The van der Waals surface area contributed by atoms with Gasteiger partial charge in [0.2, 0.25) is 0 Å². The molecule has 0 aliphatic carbocycles. The molecule has 0 aromatic heterocycles. The third-order valence-corrected chi connectivity index (χ3v) is 1.39. The quantitative estimate of drug-likeness (QED) is 0.624. The maximum absolute atomic E-state index is 10.1. The fourth-order valence-corrected chi connectivity index (χ4v) is 0.813. The molecule has 2 nitrogen and oxygen atoms in total. The van der Waals surface area contributed by atoms with Crippen LogP contribution >= 0.6 is 0 Å². The fraction of sp³-hybridized carbons (Fsp3) is 1.00. The SMILES string of the molecule is CCCC(C)[O-].CCCC(C)[O-].[Mg+2]. The molecule has 3 heteroatoms. The summed E-state index contributed by atoms with van der Waals surface area (Å²) < 4.78 is 0. The van der Waals surface area contributed by atoms with Crippen LogP contribution in [0.4, 0.5) is 0 Å². The predicted octanol–water partition coefficient (Wildman–Crippen LogP) is 0.690. The maximum Gasteiger partial charge on any atom is 2.00 e. The molecule has 0 radical (unpaired) electrons. The van der Waals surface area contributed by atoms with E-state index in [1.165, 1.54) is 0 Å². The Kier molecular flexibility index (Phi) is 22.5. The van der Waals surface area contributed by atoms with Crippen molar-refractivity contribution < 1.29 is 10.2 Å². The summed E-state index contributed by atoms with van der Waals surface area (Å²) in [5.74, 6) is 0. The van der Waals surface area contributed by atoms with Crippen molar-refractivity contribution in [1.82, 2.24) is 0 Å². The Morgan fingerprint density at radius 2 is 1.08 bits per heavy atom. The molecule has 0 saturated heterocycles. The molecular formula is C10H22MgO2. The predicted molar refractivity (Wildman–Crippen MR) is 54.5 cm³/mol. The van der Waals surface area contributed by atoms with E-state index < -0.39 is 0 Å². The molecule has 0 aliphatic rings. The van der Waals surface area contributed by atoms with E-state index in [4.69, 9.17) is 0 Å². The summed E-state index contributed by atoms with van der Waals surface area (Å²) in [4.78, 5) is 0. The summed E-state index contributed by atoms with van der Waals surface area (Å²) in [5, 5.41) is 20.3. The summed E-state index contributed by atoms with van der Waals surface area (Å²) in [7, 11) is 0. The molecule has 0 aromatic rings. The van der Waals surface area contributed by atoms with Crippen molar-refractivity contribution in [1.29, 1.82) is 0 Å². The van der Waals surface area contributed by atoms with Gasteiger partial charge in [0.15, 0.2) is 0 Å². The zero-order valence-corrected chi connectivity index (χ0v) is 10.9. The van der Waals surface area contributed by atoms with E-state index in [-0.39, 0.29) is 35.3 Å². The van der Waals surface area contributed by atoms with Gasteiger partial charge in [0, 0.05) is 0 Å². The minimum atomic E-state index is -0.352. The van der Waals surface area contributed by atoms with Crippen LogP contribution < -0.4 is 10.2 Å². The van der Waals surface area contributed by atoms with Crippen molar-refractivity contribution in [3.05, 3.63) is 0 Å². The van der Waals surface area contributed by atoms with E-state index in [2.05, 4.69) is 0 Å². The van der Waals surface area contributed by atoms with Gasteiger partial charge < -0.3 is 10.2 Å². The molecule has 13 heavy (non-hydrogen) atoms. The zero-order chi connectivity index (χ0) is 9.98. The van der Waals surface area contributed by atoms with Gasteiger partial charge in [-0.3, -0.25) is 0 Å². The van der Waals surface area contributed by atoms with Gasteiger partial charge in [-0.05, 0) is 0 Å². The van der Waals surface area contributed by atoms with Crippen LogP contribution in [0.2, 0.25) is 0 Å². The molecule has 0 aliphatic heterocycles. The van der Waals surface area contributed by atoms with E-state index >= 15 is 0 Å². The maximum atomic E-state index is 10.1. The van der Waals surface area contributed by atoms with Crippen LogP contribution in [0.5, 0.6) is 0 Å². The van der Waals surface area contributed by atoms with E-state index in [1.807, 2.05) is 13.8 Å². The molecule has 0 N–H and O–H groups in total.